The quantitative estimate of drug-likeness (QED) is 0.670. The molecule has 5 heteroatoms. The predicted octanol–water partition coefficient (Wildman–Crippen LogP) is 0.132. The number of hydrogen-bond donors (Lipinski definition) is 3. The van der Waals surface area contributed by atoms with Crippen LogP contribution >= 0.6 is 0 Å². The van der Waals surface area contributed by atoms with Crippen LogP contribution < -0.4 is 5.73 Å². The van der Waals surface area contributed by atoms with Crippen molar-refractivity contribution in [2.75, 3.05) is 13.7 Å². The van der Waals surface area contributed by atoms with Gasteiger partial charge >= 0.3 is 0 Å². The molecule has 1 rings (SSSR count). The molecule has 108 valence electrons. The van der Waals surface area contributed by atoms with E-state index in [0.717, 1.165) is 0 Å². The Morgan fingerprint density at radius 1 is 1.39 bits per heavy atom. The smallest absolute Gasteiger partial charge is 0.113 e. The van der Waals surface area contributed by atoms with E-state index in [-0.39, 0.29) is 18.1 Å². The fourth-order valence-electron chi connectivity index (χ4n) is 2.41. The first-order valence-electron chi connectivity index (χ1n) is 6.50. The number of aliphatic hydroxyl groups excluding tert-OH is 2. The van der Waals surface area contributed by atoms with Gasteiger partial charge in [-0.3, -0.25) is 0 Å². The van der Waals surface area contributed by atoms with E-state index >= 15 is 0 Å². The fraction of sp³-hybridized carbons (Fsp3) is 1.00. The van der Waals surface area contributed by atoms with E-state index in [0.29, 0.717) is 5.92 Å². The summed E-state index contributed by atoms with van der Waals surface area (Å²) in [7, 11) is 1.49. The first-order valence-corrected chi connectivity index (χ1v) is 6.50. The Labute approximate surface area is 109 Å². The van der Waals surface area contributed by atoms with Gasteiger partial charge in [0.05, 0.1) is 18.8 Å². The van der Waals surface area contributed by atoms with Crippen LogP contribution in [0.15, 0.2) is 0 Å². The van der Waals surface area contributed by atoms with Crippen LogP contribution in [0.25, 0.3) is 0 Å². The molecule has 0 aromatic carbocycles. The summed E-state index contributed by atoms with van der Waals surface area (Å²) in [5.41, 5.74) is 5.90. The molecule has 4 N–H and O–H groups in total. The van der Waals surface area contributed by atoms with Gasteiger partial charge in [0, 0.05) is 7.11 Å². The molecule has 0 saturated carbocycles. The highest BCUT2D eigenvalue weighted by atomic mass is 16.6. The lowest BCUT2D eigenvalue weighted by Crippen LogP contribution is -2.66. The minimum absolute atomic E-state index is 0.188. The SMILES string of the molecule is CO[C@@H]1C(CO)O[C@@H](C(C)(C)C(C)C)C(N)C1O. The van der Waals surface area contributed by atoms with Crippen molar-refractivity contribution in [2.45, 2.75) is 58.2 Å². The van der Waals surface area contributed by atoms with E-state index in [2.05, 4.69) is 27.7 Å². The first kappa shape index (κ1) is 15.9. The number of hydrogen-bond acceptors (Lipinski definition) is 5. The highest BCUT2D eigenvalue weighted by molar-refractivity contribution is 5.01. The van der Waals surface area contributed by atoms with E-state index < -0.39 is 24.4 Å². The van der Waals surface area contributed by atoms with E-state index in [9.17, 15) is 10.2 Å². The second-order valence-corrected chi connectivity index (χ2v) is 6.02. The molecule has 1 aliphatic rings. The van der Waals surface area contributed by atoms with Crippen LogP contribution in [0.2, 0.25) is 0 Å². The molecule has 5 atom stereocenters. The van der Waals surface area contributed by atoms with Crippen LogP contribution in [0.4, 0.5) is 0 Å². The molecule has 5 nitrogen and oxygen atoms in total. The van der Waals surface area contributed by atoms with E-state index in [1.807, 2.05) is 0 Å². The molecule has 0 radical (unpaired) electrons. The molecule has 1 fully saturated rings. The summed E-state index contributed by atoms with van der Waals surface area (Å²) in [4.78, 5) is 0. The maximum Gasteiger partial charge on any atom is 0.113 e. The molecule has 1 saturated heterocycles. The van der Waals surface area contributed by atoms with Crippen molar-refractivity contribution in [1.29, 1.82) is 0 Å². The van der Waals surface area contributed by atoms with Gasteiger partial charge in [-0.25, -0.2) is 0 Å². The largest absolute Gasteiger partial charge is 0.394 e. The van der Waals surface area contributed by atoms with Crippen molar-refractivity contribution >= 4 is 0 Å². The summed E-state index contributed by atoms with van der Waals surface area (Å²) in [5.74, 6) is 0.346. The fourth-order valence-corrected chi connectivity index (χ4v) is 2.41. The van der Waals surface area contributed by atoms with Gasteiger partial charge in [0.15, 0.2) is 0 Å². The van der Waals surface area contributed by atoms with Crippen LogP contribution in [0.5, 0.6) is 0 Å². The summed E-state index contributed by atoms with van der Waals surface area (Å²) >= 11 is 0. The average Bonchev–Trinajstić information content (AvgIpc) is 2.31. The van der Waals surface area contributed by atoms with E-state index in [4.69, 9.17) is 15.2 Å². The molecule has 0 bridgehead atoms. The van der Waals surface area contributed by atoms with Gasteiger partial charge in [0.25, 0.3) is 0 Å². The molecule has 1 heterocycles. The second-order valence-electron chi connectivity index (χ2n) is 6.02. The molecule has 0 aromatic heterocycles. The minimum atomic E-state index is -0.830. The molecule has 3 unspecified atom stereocenters. The highest BCUT2D eigenvalue weighted by Gasteiger charge is 2.49. The van der Waals surface area contributed by atoms with Gasteiger partial charge in [0.2, 0.25) is 0 Å². The van der Waals surface area contributed by atoms with Gasteiger partial charge in [-0.05, 0) is 11.3 Å². The van der Waals surface area contributed by atoms with Gasteiger partial charge in [0.1, 0.15) is 18.3 Å². The number of rotatable bonds is 4. The van der Waals surface area contributed by atoms with Crippen molar-refractivity contribution in [2.24, 2.45) is 17.1 Å². The Bertz CT molecular complexity index is 268. The van der Waals surface area contributed by atoms with E-state index in [1.165, 1.54) is 7.11 Å². The zero-order valence-electron chi connectivity index (χ0n) is 12.0. The normalized spacial score (nSPS) is 38.2. The lowest BCUT2D eigenvalue weighted by atomic mass is 9.71. The number of nitrogens with two attached hydrogens (primary N) is 1. The molecule has 0 aliphatic carbocycles. The maximum absolute atomic E-state index is 10.2. The van der Waals surface area contributed by atoms with Crippen LogP contribution in [-0.4, -0.2) is 54.4 Å². The minimum Gasteiger partial charge on any atom is -0.394 e. The van der Waals surface area contributed by atoms with Gasteiger partial charge < -0.3 is 25.4 Å². The molecule has 18 heavy (non-hydrogen) atoms. The second kappa shape index (κ2) is 5.84. The van der Waals surface area contributed by atoms with Crippen LogP contribution in [0.3, 0.4) is 0 Å². The topological polar surface area (TPSA) is 84.9 Å². The van der Waals surface area contributed by atoms with Crippen LogP contribution in [0.1, 0.15) is 27.7 Å². The predicted molar refractivity (Wildman–Crippen MR) is 69.1 cm³/mol. The lowest BCUT2D eigenvalue weighted by Gasteiger charge is -2.49. The average molecular weight is 261 g/mol. The maximum atomic E-state index is 10.2. The summed E-state index contributed by atoms with van der Waals surface area (Å²) in [6.45, 7) is 8.14. The third-order valence-electron chi connectivity index (χ3n) is 4.44. The Kier molecular flexibility index (Phi) is 5.14. The van der Waals surface area contributed by atoms with E-state index in [1.54, 1.807) is 0 Å². The number of methoxy groups -OCH3 is 1. The summed E-state index contributed by atoms with van der Waals surface area (Å²) in [5, 5.41) is 19.6. The van der Waals surface area contributed by atoms with Crippen molar-refractivity contribution < 1.29 is 19.7 Å². The highest BCUT2D eigenvalue weighted by Crippen LogP contribution is 2.38. The third-order valence-corrected chi connectivity index (χ3v) is 4.44. The van der Waals surface area contributed by atoms with Gasteiger partial charge in [-0.15, -0.1) is 0 Å². The number of ether oxygens (including phenoxy) is 2. The molecule has 0 amide bonds. The lowest BCUT2D eigenvalue weighted by molar-refractivity contribution is -0.225. The zero-order chi connectivity index (χ0) is 14.1. The molecule has 1 aliphatic heterocycles. The molecular weight excluding hydrogens is 234 g/mol. The van der Waals surface area contributed by atoms with Crippen molar-refractivity contribution in [3.63, 3.8) is 0 Å². The van der Waals surface area contributed by atoms with Crippen LogP contribution in [-0.2, 0) is 9.47 Å². The molecule has 0 spiro atoms. The van der Waals surface area contributed by atoms with Crippen LogP contribution in [0, 0.1) is 11.3 Å². The standard InChI is InChI=1S/C13H27NO4/c1-7(2)13(3,4)12-9(14)10(16)11(17-5)8(6-15)18-12/h7-12,15-16H,6,14H2,1-5H3/t8?,9?,10?,11-,12-/m1/s1. The Balaban J connectivity index is 2.96. The first-order chi connectivity index (χ1) is 8.27. The summed E-state index contributed by atoms with van der Waals surface area (Å²) < 4.78 is 11.1. The molecular formula is C13H27NO4. The Morgan fingerprint density at radius 2 is 1.94 bits per heavy atom. The van der Waals surface area contributed by atoms with Crippen molar-refractivity contribution in [3.05, 3.63) is 0 Å². The van der Waals surface area contributed by atoms with Crippen molar-refractivity contribution in [3.8, 4) is 0 Å². The zero-order valence-corrected chi connectivity index (χ0v) is 12.0. The van der Waals surface area contributed by atoms with Gasteiger partial charge in [-0.1, -0.05) is 27.7 Å². The van der Waals surface area contributed by atoms with Crippen molar-refractivity contribution in [1.82, 2.24) is 0 Å². The number of aliphatic hydroxyl groups is 2. The summed E-state index contributed by atoms with van der Waals surface area (Å²) in [6.07, 6.45) is -2.25. The Morgan fingerprint density at radius 3 is 2.33 bits per heavy atom. The van der Waals surface area contributed by atoms with Gasteiger partial charge in [-0.2, -0.15) is 0 Å². The Hall–Kier alpha value is -0.200. The molecule has 0 aromatic rings. The summed E-state index contributed by atoms with van der Waals surface area (Å²) in [6, 6.07) is -0.518. The third kappa shape index (κ3) is 2.70. The monoisotopic (exact) mass is 261 g/mol.